The number of thiocarbonyl (C=S) groups is 1. The quantitative estimate of drug-likeness (QED) is 0.782. The first-order valence-electron chi connectivity index (χ1n) is 6.21. The molecule has 0 aromatic heterocycles. The molecule has 1 aromatic rings. The summed E-state index contributed by atoms with van der Waals surface area (Å²) in [6.45, 7) is 2.99. The van der Waals surface area contributed by atoms with Gasteiger partial charge in [-0.2, -0.15) is 0 Å². The van der Waals surface area contributed by atoms with Gasteiger partial charge in [-0.15, -0.1) is 0 Å². The average molecular weight is 278 g/mol. The van der Waals surface area contributed by atoms with Gasteiger partial charge in [-0.05, 0) is 12.1 Å². The molecule has 1 heterocycles. The molecule has 0 radical (unpaired) electrons. The van der Waals surface area contributed by atoms with Crippen molar-refractivity contribution in [2.75, 3.05) is 38.1 Å². The number of nitrogens with zero attached hydrogens (tertiary/aromatic N) is 2. The average Bonchev–Trinajstić information content (AvgIpc) is 2.81. The van der Waals surface area contributed by atoms with Crippen LogP contribution in [0.5, 0.6) is 0 Å². The van der Waals surface area contributed by atoms with Crippen LogP contribution >= 0.6 is 12.2 Å². The molecule has 2 amide bonds. The highest BCUT2D eigenvalue weighted by Gasteiger charge is 2.19. The minimum atomic E-state index is 0.0188. The van der Waals surface area contributed by atoms with Crippen molar-refractivity contribution in [1.82, 2.24) is 10.2 Å². The summed E-state index contributed by atoms with van der Waals surface area (Å²) in [6.07, 6.45) is 0. The molecule has 0 spiro atoms. The number of hydrogen-bond donors (Lipinski definition) is 2. The predicted octanol–water partition coefficient (Wildman–Crippen LogP) is 0.782. The van der Waals surface area contributed by atoms with Crippen molar-refractivity contribution in [3.05, 3.63) is 29.8 Å². The van der Waals surface area contributed by atoms with Crippen LogP contribution in [0, 0.1) is 0 Å². The van der Waals surface area contributed by atoms with Crippen LogP contribution in [0.2, 0.25) is 0 Å². The fourth-order valence-electron chi connectivity index (χ4n) is 2.02. The first kappa shape index (κ1) is 13.6. The highest BCUT2D eigenvalue weighted by molar-refractivity contribution is 7.80. The van der Waals surface area contributed by atoms with Crippen LogP contribution in [-0.2, 0) is 0 Å². The molecule has 0 saturated carbocycles. The van der Waals surface area contributed by atoms with E-state index in [0.717, 1.165) is 30.9 Å². The van der Waals surface area contributed by atoms with Gasteiger partial charge in [-0.25, -0.2) is 4.79 Å². The van der Waals surface area contributed by atoms with Gasteiger partial charge in [0.05, 0.1) is 0 Å². The largest absolute Gasteiger partial charge is 0.389 e. The van der Waals surface area contributed by atoms with Gasteiger partial charge in [-0.3, -0.25) is 0 Å². The van der Waals surface area contributed by atoms with Crippen molar-refractivity contribution in [2.24, 2.45) is 5.73 Å². The second-order valence-electron chi connectivity index (χ2n) is 4.56. The third-order valence-corrected chi connectivity index (χ3v) is 3.46. The van der Waals surface area contributed by atoms with E-state index in [1.165, 1.54) is 0 Å². The van der Waals surface area contributed by atoms with Crippen molar-refractivity contribution < 1.29 is 4.79 Å². The number of rotatable bonds is 5. The number of hydrogen-bond acceptors (Lipinski definition) is 3. The van der Waals surface area contributed by atoms with Crippen molar-refractivity contribution in [1.29, 1.82) is 0 Å². The van der Waals surface area contributed by atoms with Crippen LogP contribution in [0.15, 0.2) is 24.3 Å². The molecule has 102 valence electrons. The minimum absolute atomic E-state index is 0.0188. The zero-order valence-corrected chi connectivity index (χ0v) is 11.7. The van der Waals surface area contributed by atoms with E-state index in [1.54, 1.807) is 0 Å². The van der Waals surface area contributed by atoms with E-state index < -0.39 is 0 Å². The zero-order valence-electron chi connectivity index (χ0n) is 10.9. The molecule has 1 fully saturated rings. The number of anilines is 1. The monoisotopic (exact) mass is 278 g/mol. The summed E-state index contributed by atoms with van der Waals surface area (Å²) in [5.74, 6) is 0. The summed E-state index contributed by atoms with van der Waals surface area (Å²) in [5, 5.41) is 2.79. The molecular formula is C13H18N4OS. The van der Waals surface area contributed by atoms with Crippen molar-refractivity contribution >= 4 is 28.9 Å². The maximum atomic E-state index is 11.4. The van der Waals surface area contributed by atoms with Gasteiger partial charge in [0.1, 0.15) is 4.99 Å². The number of carbonyl (C=O) groups is 1. The van der Waals surface area contributed by atoms with Gasteiger partial charge < -0.3 is 20.9 Å². The topological polar surface area (TPSA) is 61.6 Å². The van der Waals surface area contributed by atoms with Crippen LogP contribution < -0.4 is 16.0 Å². The molecule has 3 N–H and O–H groups in total. The van der Waals surface area contributed by atoms with Gasteiger partial charge >= 0.3 is 6.03 Å². The summed E-state index contributed by atoms with van der Waals surface area (Å²) in [5.41, 5.74) is 7.53. The summed E-state index contributed by atoms with van der Waals surface area (Å²) < 4.78 is 0. The molecule has 6 heteroatoms. The van der Waals surface area contributed by atoms with Crippen molar-refractivity contribution in [3.63, 3.8) is 0 Å². The van der Waals surface area contributed by atoms with Gasteiger partial charge in [0.15, 0.2) is 0 Å². The zero-order chi connectivity index (χ0) is 13.8. The van der Waals surface area contributed by atoms with Gasteiger partial charge in [-0.1, -0.05) is 24.4 Å². The van der Waals surface area contributed by atoms with Crippen LogP contribution in [0.25, 0.3) is 0 Å². The maximum Gasteiger partial charge on any atom is 0.317 e. The molecule has 2 rings (SSSR count). The first-order valence-corrected chi connectivity index (χ1v) is 6.62. The van der Waals surface area contributed by atoms with Crippen molar-refractivity contribution in [2.45, 2.75) is 0 Å². The number of benzene rings is 1. The Morgan fingerprint density at radius 2 is 2.37 bits per heavy atom. The van der Waals surface area contributed by atoms with Crippen LogP contribution in [0.4, 0.5) is 10.5 Å². The number of nitrogens with one attached hydrogen (secondary N) is 1. The van der Waals surface area contributed by atoms with E-state index in [2.05, 4.69) is 10.2 Å². The second kappa shape index (κ2) is 5.88. The van der Waals surface area contributed by atoms with Crippen LogP contribution in [0.1, 0.15) is 5.56 Å². The van der Waals surface area contributed by atoms with E-state index in [4.69, 9.17) is 18.0 Å². The molecule has 0 bridgehead atoms. The molecule has 19 heavy (non-hydrogen) atoms. The predicted molar refractivity (Wildman–Crippen MR) is 80.6 cm³/mol. The molecule has 1 aliphatic heterocycles. The molecule has 1 aromatic carbocycles. The van der Waals surface area contributed by atoms with Gasteiger partial charge in [0.2, 0.25) is 0 Å². The van der Waals surface area contributed by atoms with Gasteiger partial charge in [0, 0.05) is 44.5 Å². The maximum absolute atomic E-state index is 11.4. The normalized spacial score (nSPS) is 14.4. The van der Waals surface area contributed by atoms with E-state index in [1.807, 2.05) is 36.2 Å². The Morgan fingerprint density at radius 3 is 3.00 bits per heavy atom. The Morgan fingerprint density at radius 1 is 1.58 bits per heavy atom. The summed E-state index contributed by atoms with van der Waals surface area (Å²) >= 11 is 4.97. The first-order chi connectivity index (χ1) is 9.08. The standard InChI is InChI=1S/C13H18N4OS/c1-16(7-8-17-6-5-15-13(17)18)11-4-2-3-10(9-11)12(14)19/h2-4,9H,5-8H2,1H3,(H2,14,19)(H,15,18). The van der Waals surface area contributed by atoms with Gasteiger partial charge in [0.25, 0.3) is 0 Å². The minimum Gasteiger partial charge on any atom is -0.389 e. The van der Waals surface area contributed by atoms with Crippen LogP contribution in [-0.4, -0.2) is 49.1 Å². The summed E-state index contributed by atoms with van der Waals surface area (Å²) in [7, 11) is 1.99. The highest BCUT2D eigenvalue weighted by atomic mass is 32.1. The number of likely N-dealkylation sites (N-methyl/N-ethyl adjacent to an activating group) is 1. The molecule has 1 aliphatic rings. The van der Waals surface area contributed by atoms with E-state index >= 15 is 0 Å². The number of nitrogens with two attached hydrogens (primary N) is 1. The smallest absolute Gasteiger partial charge is 0.317 e. The molecule has 0 aliphatic carbocycles. The third-order valence-electron chi connectivity index (χ3n) is 3.22. The molecule has 5 nitrogen and oxygen atoms in total. The Labute approximate surface area is 118 Å². The fourth-order valence-corrected chi connectivity index (χ4v) is 2.15. The molecule has 1 saturated heterocycles. The summed E-state index contributed by atoms with van der Waals surface area (Å²) in [6, 6.07) is 7.82. The third kappa shape index (κ3) is 3.35. The van der Waals surface area contributed by atoms with E-state index in [0.29, 0.717) is 11.5 Å². The molecule has 0 unspecified atom stereocenters. The fraction of sp³-hybridized carbons (Fsp3) is 0.385. The van der Waals surface area contributed by atoms with E-state index in [-0.39, 0.29) is 6.03 Å². The molecule has 0 atom stereocenters. The van der Waals surface area contributed by atoms with E-state index in [9.17, 15) is 4.79 Å². The number of urea groups is 1. The SMILES string of the molecule is CN(CCN1CCNC1=O)c1cccc(C(N)=S)c1. The lowest BCUT2D eigenvalue weighted by Gasteiger charge is -2.23. The van der Waals surface area contributed by atoms with Crippen LogP contribution in [0.3, 0.4) is 0 Å². The Kier molecular flexibility index (Phi) is 4.21. The second-order valence-corrected chi connectivity index (χ2v) is 4.99. The Hall–Kier alpha value is -1.82. The Bertz CT molecular complexity index is 491. The lowest BCUT2D eigenvalue weighted by atomic mass is 10.2. The lowest BCUT2D eigenvalue weighted by Crippen LogP contribution is -2.35. The summed E-state index contributed by atoms with van der Waals surface area (Å²) in [4.78, 5) is 15.7. The number of carbonyl (C=O) groups excluding carboxylic acids is 1. The Balaban J connectivity index is 1.95. The lowest BCUT2D eigenvalue weighted by molar-refractivity contribution is 0.218. The number of amides is 2. The highest BCUT2D eigenvalue weighted by Crippen LogP contribution is 2.14. The molecular weight excluding hydrogens is 260 g/mol. The van der Waals surface area contributed by atoms with Crippen molar-refractivity contribution in [3.8, 4) is 0 Å².